The summed E-state index contributed by atoms with van der Waals surface area (Å²) in [5.41, 5.74) is 0. The van der Waals surface area contributed by atoms with Crippen LogP contribution in [0.5, 0.6) is 0 Å². The smallest absolute Gasteiger partial charge is 0.306 e. The van der Waals surface area contributed by atoms with E-state index in [-0.39, 0.29) is 31.1 Å². The summed E-state index contributed by atoms with van der Waals surface area (Å²) in [6.07, 6.45) is 73.9. The van der Waals surface area contributed by atoms with Crippen molar-refractivity contribution < 1.29 is 28.6 Å². The summed E-state index contributed by atoms with van der Waals surface area (Å²) in [5, 5.41) is 0. The Bertz CT molecular complexity index is 1230. The Morgan fingerprint density at radius 3 is 0.817 bits per heavy atom. The molecule has 1 unspecified atom stereocenters. The van der Waals surface area contributed by atoms with Gasteiger partial charge in [0.2, 0.25) is 0 Å². The fraction of sp³-hybridized carbons (Fsp3) is 0.831. The lowest BCUT2D eigenvalue weighted by Crippen LogP contribution is -2.30. The number of allylic oxidation sites excluding steroid dienone is 8. The molecule has 0 aromatic rings. The van der Waals surface area contributed by atoms with Gasteiger partial charge in [-0.25, -0.2) is 0 Å². The minimum Gasteiger partial charge on any atom is -0.462 e. The van der Waals surface area contributed by atoms with Gasteiger partial charge in [-0.2, -0.15) is 0 Å². The molecule has 0 aromatic carbocycles. The largest absolute Gasteiger partial charge is 0.462 e. The van der Waals surface area contributed by atoms with Crippen LogP contribution in [0.25, 0.3) is 0 Å². The Morgan fingerprint density at radius 1 is 0.282 bits per heavy atom. The molecule has 0 saturated heterocycles. The maximum absolute atomic E-state index is 12.9. The maximum atomic E-state index is 12.9. The number of carbonyl (C=O) groups excluding carboxylic acids is 3. The van der Waals surface area contributed by atoms with E-state index in [1.807, 2.05) is 0 Å². The van der Waals surface area contributed by atoms with Crippen LogP contribution in [0.4, 0.5) is 0 Å². The van der Waals surface area contributed by atoms with E-state index in [1.165, 1.54) is 218 Å². The van der Waals surface area contributed by atoms with Crippen LogP contribution in [0, 0.1) is 0 Å². The van der Waals surface area contributed by atoms with Crippen LogP contribution in [-0.4, -0.2) is 37.2 Å². The Hall–Kier alpha value is -2.63. The van der Waals surface area contributed by atoms with Gasteiger partial charge in [0.15, 0.2) is 6.10 Å². The molecule has 0 fully saturated rings. The molecule has 0 spiro atoms. The first-order valence-electron chi connectivity index (χ1n) is 31.1. The van der Waals surface area contributed by atoms with Gasteiger partial charge >= 0.3 is 17.9 Å². The molecular weight excluding hydrogens is 877 g/mol. The molecule has 0 radical (unpaired) electrons. The first kappa shape index (κ1) is 68.4. The van der Waals surface area contributed by atoms with Gasteiger partial charge in [-0.1, -0.05) is 256 Å². The zero-order valence-corrected chi connectivity index (χ0v) is 47.5. The molecule has 6 heteroatoms. The first-order valence-corrected chi connectivity index (χ1v) is 31.1. The number of hydrogen-bond acceptors (Lipinski definition) is 6. The predicted molar refractivity (Wildman–Crippen MR) is 307 cm³/mol. The number of esters is 3. The Balaban J connectivity index is 4.38. The highest BCUT2D eigenvalue weighted by molar-refractivity contribution is 5.71. The van der Waals surface area contributed by atoms with E-state index in [2.05, 4.69) is 69.4 Å². The van der Waals surface area contributed by atoms with Crippen molar-refractivity contribution in [3.63, 3.8) is 0 Å². The molecule has 1 atom stereocenters. The average Bonchev–Trinajstić information content (AvgIpc) is 3.37. The lowest BCUT2D eigenvalue weighted by atomic mass is 10.1. The van der Waals surface area contributed by atoms with Gasteiger partial charge in [-0.05, 0) is 103 Å². The molecule has 0 aromatic heterocycles. The highest BCUT2D eigenvalue weighted by Crippen LogP contribution is 2.16. The van der Waals surface area contributed by atoms with Crippen LogP contribution in [0.1, 0.15) is 329 Å². The second-order valence-electron chi connectivity index (χ2n) is 21.0. The molecule has 0 aliphatic carbocycles. The number of rotatable bonds is 57. The third kappa shape index (κ3) is 58.1. The maximum Gasteiger partial charge on any atom is 0.306 e. The third-order valence-electron chi connectivity index (χ3n) is 13.8. The third-order valence-corrected chi connectivity index (χ3v) is 13.8. The lowest BCUT2D eigenvalue weighted by Gasteiger charge is -2.18. The van der Waals surface area contributed by atoms with Gasteiger partial charge in [-0.3, -0.25) is 14.4 Å². The van der Waals surface area contributed by atoms with Crippen molar-refractivity contribution in [2.75, 3.05) is 13.2 Å². The monoisotopic (exact) mass is 995 g/mol. The van der Waals surface area contributed by atoms with Crippen LogP contribution in [-0.2, 0) is 28.6 Å². The summed E-state index contributed by atoms with van der Waals surface area (Å²) in [6, 6.07) is 0. The van der Waals surface area contributed by atoms with Crippen molar-refractivity contribution in [3.05, 3.63) is 48.6 Å². The van der Waals surface area contributed by atoms with E-state index in [0.717, 1.165) is 70.6 Å². The number of hydrogen-bond donors (Lipinski definition) is 0. The molecular formula is C65H118O6. The number of carbonyl (C=O) groups is 3. The molecule has 0 aliphatic rings. The molecule has 0 saturated carbocycles. The fourth-order valence-corrected chi connectivity index (χ4v) is 9.05. The quantitative estimate of drug-likeness (QED) is 0.0261. The Kier molecular flexibility index (Phi) is 57.7. The van der Waals surface area contributed by atoms with Crippen LogP contribution < -0.4 is 0 Å². The van der Waals surface area contributed by atoms with Crippen molar-refractivity contribution in [3.8, 4) is 0 Å². The standard InChI is InChI=1S/C65H118O6/c1-4-7-10-13-16-19-22-25-28-31-34-37-40-43-46-49-52-55-58-64(67)70-61-62(60-69-63(66)57-54-51-48-45-42-39-36-33-30-27-24-21-18-15-12-9-6-3)71-65(68)59-56-53-50-47-44-41-38-35-32-29-26-23-20-17-14-11-8-5-2/h18,21,27-32,62H,4-17,19-20,22-26,33-61H2,1-3H3/b21-18-,30-27-,31-28-,32-29-. The van der Waals surface area contributed by atoms with Crippen LogP contribution >= 0.6 is 0 Å². The van der Waals surface area contributed by atoms with Crippen molar-refractivity contribution in [2.45, 2.75) is 335 Å². The van der Waals surface area contributed by atoms with Crippen molar-refractivity contribution in [1.82, 2.24) is 0 Å². The highest BCUT2D eigenvalue weighted by atomic mass is 16.6. The van der Waals surface area contributed by atoms with Crippen molar-refractivity contribution >= 4 is 17.9 Å². The van der Waals surface area contributed by atoms with E-state index >= 15 is 0 Å². The van der Waals surface area contributed by atoms with E-state index in [0.29, 0.717) is 19.3 Å². The van der Waals surface area contributed by atoms with Crippen LogP contribution in [0.3, 0.4) is 0 Å². The number of unbranched alkanes of at least 4 members (excludes halogenated alkanes) is 38. The fourth-order valence-electron chi connectivity index (χ4n) is 9.05. The van der Waals surface area contributed by atoms with Crippen molar-refractivity contribution in [1.29, 1.82) is 0 Å². The van der Waals surface area contributed by atoms with Crippen LogP contribution in [0.15, 0.2) is 48.6 Å². The van der Waals surface area contributed by atoms with Gasteiger partial charge < -0.3 is 14.2 Å². The summed E-state index contributed by atoms with van der Waals surface area (Å²) < 4.78 is 16.9. The van der Waals surface area contributed by atoms with Gasteiger partial charge in [0.1, 0.15) is 13.2 Å². The van der Waals surface area contributed by atoms with Gasteiger partial charge in [0.05, 0.1) is 0 Å². The predicted octanol–water partition coefficient (Wildman–Crippen LogP) is 21.0. The molecule has 6 nitrogen and oxygen atoms in total. The molecule has 0 N–H and O–H groups in total. The number of ether oxygens (including phenoxy) is 3. The summed E-state index contributed by atoms with van der Waals surface area (Å²) >= 11 is 0. The summed E-state index contributed by atoms with van der Waals surface area (Å²) in [5.74, 6) is -0.876. The summed E-state index contributed by atoms with van der Waals surface area (Å²) in [6.45, 7) is 6.64. The average molecular weight is 996 g/mol. The first-order chi connectivity index (χ1) is 35.0. The van der Waals surface area contributed by atoms with Crippen LogP contribution in [0.2, 0.25) is 0 Å². The van der Waals surface area contributed by atoms with Gasteiger partial charge in [0.25, 0.3) is 0 Å². The zero-order chi connectivity index (χ0) is 51.4. The Morgan fingerprint density at radius 2 is 0.507 bits per heavy atom. The van der Waals surface area contributed by atoms with Crippen molar-refractivity contribution in [2.24, 2.45) is 0 Å². The summed E-state index contributed by atoms with van der Waals surface area (Å²) in [7, 11) is 0. The molecule has 414 valence electrons. The molecule has 0 heterocycles. The normalized spacial score (nSPS) is 12.3. The Labute approximate surface area is 441 Å². The zero-order valence-electron chi connectivity index (χ0n) is 47.5. The van der Waals surface area contributed by atoms with E-state index < -0.39 is 6.10 Å². The minimum absolute atomic E-state index is 0.0778. The van der Waals surface area contributed by atoms with Gasteiger partial charge in [0, 0.05) is 19.3 Å². The molecule has 71 heavy (non-hydrogen) atoms. The van der Waals surface area contributed by atoms with E-state index in [9.17, 15) is 14.4 Å². The second kappa shape index (κ2) is 59.9. The molecule has 0 rings (SSSR count). The lowest BCUT2D eigenvalue weighted by molar-refractivity contribution is -0.167. The molecule has 0 amide bonds. The van der Waals surface area contributed by atoms with E-state index in [4.69, 9.17) is 14.2 Å². The minimum atomic E-state index is -0.781. The van der Waals surface area contributed by atoms with Gasteiger partial charge in [-0.15, -0.1) is 0 Å². The topological polar surface area (TPSA) is 78.9 Å². The highest BCUT2D eigenvalue weighted by Gasteiger charge is 2.19. The molecule has 0 aliphatic heterocycles. The van der Waals surface area contributed by atoms with E-state index in [1.54, 1.807) is 0 Å². The SMILES string of the molecule is CCCCC/C=C\C/C=C\CCCCCCCCCC(=O)OCC(COC(=O)CCCCCCCCC/C=C\CCCCCCCCC)OC(=O)CCCCCCCCC/C=C\CCCCCCCCC. The summed E-state index contributed by atoms with van der Waals surface area (Å²) in [4.78, 5) is 38.3. The molecule has 0 bridgehead atoms. The second-order valence-corrected chi connectivity index (χ2v) is 21.0.